The SMILES string of the molecule is CN1NCc2cncc(-n3c(=O)c4sc(-c5ccc(F)cc5Cl)cc4n(CCC#N)c3=O)c21. The molecule has 0 spiro atoms. The molecule has 11 heteroatoms. The highest BCUT2D eigenvalue weighted by atomic mass is 35.5. The lowest BCUT2D eigenvalue weighted by atomic mass is 10.2. The number of nitriles is 1. The minimum atomic E-state index is -0.562. The van der Waals surface area contributed by atoms with Crippen LogP contribution in [-0.4, -0.2) is 21.2 Å². The van der Waals surface area contributed by atoms with Crippen molar-refractivity contribution in [3.05, 3.63) is 73.9 Å². The fourth-order valence-corrected chi connectivity index (χ4v) is 5.46. The van der Waals surface area contributed by atoms with E-state index in [1.54, 1.807) is 24.3 Å². The van der Waals surface area contributed by atoms with Crippen LogP contribution >= 0.6 is 22.9 Å². The van der Waals surface area contributed by atoms with Crippen molar-refractivity contribution in [2.24, 2.45) is 0 Å². The van der Waals surface area contributed by atoms with Crippen molar-refractivity contribution in [3.8, 4) is 22.2 Å². The molecule has 8 nitrogen and oxygen atoms in total. The zero-order chi connectivity index (χ0) is 23.3. The lowest BCUT2D eigenvalue weighted by molar-refractivity contribution is 0.628. The number of hydrazine groups is 1. The molecule has 3 aromatic heterocycles. The number of halogens is 2. The van der Waals surface area contributed by atoms with E-state index in [0.717, 1.165) is 21.5 Å². The maximum atomic E-state index is 13.6. The quantitative estimate of drug-likeness (QED) is 0.478. The molecule has 0 unspecified atom stereocenters. The number of aryl methyl sites for hydroxylation is 1. The van der Waals surface area contributed by atoms with Gasteiger partial charge in [0.1, 0.15) is 10.5 Å². The highest BCUT2D eigenvalue weighted by Gasteiger charge is 2.25. The van der Waals surface area contributed by atoms with Crippen LogP contribution in [0.15, 0.2) is 46.2 Å². The molecule has 0 fully saturated rings. The predicted molar refractivity (Wildman–Crippen MR) is 125 cm³/mol. The van der Waals surface area contributed by atoms with Crippen LogP contribution in [0.25, 0.3) is 26.3 Å². The molecule has 33 heavy (non-hydrogen) atoms. The fourth-order valence-electron chi connectivity index (χ4n) is 4.01. The molecule has 0 radical (unpaired) electrons. The topological polar surface area (TPSA) is 95.9 Å². The van der Waals surface area contributed by atoms with Crippen molar-refractivity contribution in [3.63, 3.8) is 0 Å². The van der Waals surface area contributed by atoms with Crippen LogP contribution in [0.5, 0.6) is 0 Å². The first-order chi connectivity index (χ1) is 15.9. The molecule has 1 aliphatic rings. The molecule has 0 saturated heterocycles. The Hall–Kier alpha value is -3.52. The normalized spacial score (nSPS) is 12.8. The number of anilines is 1. The number of thiophene rings is 1. The summed E-state index contributed by atoms with van der Waals surface area (Å²) in [5.41, 5.74) is 4.95. The van der Waals surface area contributed by atoms with Gasteiger partial charge in [-0.3, -0.25) is 14.3 Å². The number of hydrogen-bond acceptors (Lipinski definition) is 7. The van der Waals surface area contributed by atoms with Crippen LogP contribution in [0, 0.1) is 17.1 Å². The van der Waals surface area contributed by atoms with Gasteiger partial charge in [-0.15, -0.1) is 11.3 Å². The van der Waals surface area contributed by atoms with E-state index >= 15 is 0 Å². The Morgan fingerprint density at radius 1 is 1.30 bits per heavy atom. The van der Waals surface area contributed by atoms with Crippen LogP contribution in [0.4, 0.5) is 10.1 Å². The van der Waals surface area contributed by atoms with E-state index in [1.807, 2.05) is 6.07 Å². The molecular formula is C22H16ClFN6O2S. The third-order valence-corrected chi connectivity index (χ3v) is 6.98. The van der Waals surface area contributed by atoms with Gasteiger partial charge >= 0.3 is 5.69 Å². The Kier molecular flexibility index (Phi) is 5.25. The van der Waals surface area contributed by atoms with Crippen LogP contribution < -0.4 is 21.7 Å². The molecule has 0 atom stereocenters. The van der Waals surface area contributed by atoms with E-state index in [1.165, 1.54) is 29.0 Å². The van der Waals surface area contributed by atoms with Crippen molar-refractivity contribution < 1.29 is 4.39 Å². The Labute approximate surface area is 195 Å². The lowest BCUT2D eigenvalue weighted by Gasteiger charge is -2.17. The van der Waals surface area contributed by atoms with Crippen LogP contribution in [0.2, 0.25) is 5.02 Å². The largest absolute Gasteiger partial charge is 0.336 e. The van der Waals surface area contributed by atoms with Gasteiger partial charge in [0.05, 0.1) is 40.6 Å². The summed E-state index contributed by atoms with van der Waals surface area (Å²) in [6.07, 6.45) is 3.26. The first kappa shape index (κ1) is 21.3. The van der Waals surface area contributed by atoms with Gasteiger partial charge in [-0.05, 0) is 24.3 Å². The maximum Gasteiger partial charge on any atom is 0.336 e. The minimum absolute atomic E-state index is 0.0856. The van der Waals surface area contributed by atoms with Gasteiger partial charge in [0.15, 0.2) is 0 Å². The second-order valence-corrected chi connectivity index (χ2v) is 8.95. The van der Waals surface area contributed by atoms with Crippen molar-refractivity contribution in [1.82, 2.24) is 19.5 Å². The molecule has 5 rings (SSSR count). The zero-order valence-corrected chi connectivity index (χ0v) is 18.9. The van der Waals surface area contributed by atoms with E-state index in [4.69, 9.17) is 16.9 Å². The Bertz CT molecular complexity index is 1590. The molecule has 0 amide bonds. The van der Waals surface area contributed by atoms with Crippen molar-refractivity contribution in [2.45, 2.75) is 19.5 Å². The molecule has 1 N–H and O–H groups in total. The first-order valence-electron chi connectivity index (χ1n) is 9.97. The average Bonchev–Trinajstić information content (AvgIpc) is 3.39. The number of fused-ring (bicyclic) bond motifs is 2. The lowest BCUT2D eigenvalue weighted by Crippen LogP contribution is -2.39. The third-order valence-electron chi connectivity index (χ3n) is 5.52. The number of aromatic nitrogens is 3. The van der Waals surface area contributed by atoms with Crippen molar-refractivity contribution in [2.75, 3.05) is 12.1 Å². The number of nitrogens with zero attached hydrogens (tertiary/aromatic N) is 5. The molecule has 0 saturated carbocycles. The highest BCUT2D eigenvalue weighted by Crippen LogP contribution is 2.36. The second kappa shape index (κ2) is 8.12. The number of nitrogens with one attached hydrogen (secondary N) is 1. The van der Waals surface area contributed by atoms with Crippen molar-refractivity contribution in [1.29, 1.82) is 5.26 Å². The number of benzene rings is 1. The Morgan fingerprint density at radius 2 is 2.12 bits per heavy atom. The van der Waals surface area contributed by atoms with Gasteiger partial charge in [-0.2, -0.15) is 5.26 Å². The summed E-state index contributed by atoms with van der Waals surface area (Å²) in [6.45, 7) is 0.633. The summed E-state index contributed by atoms with van der Waals surface area (Å²) in [6, 6.07) is 7.75. The molecule has 4 aromatic rings. The minimum Gasteiger partial charge on any atom is -0.309 e. The van der Waals surface area contributed by atoms with Gasteiger partial charge in [-0.1, -0.05) is 11.6 Å². The van der Waals surface area contributed by atoms with E-state index in [2.05, 4.69) is 10.4 Å². The Balaban J connectivity index is 1.83. The van der Waals surface area contributed by atoms with Gasteiger partial charge in [-0.25, -0.2) is 19.2 Å². The van der Waals surface area contributed by atoms with E-state index < -0.39 is 17.1 Å². The molecule has 1 aromatic carbocycles. The van der Waals surface area contributed by atoms with Crippen LogP contribution in [-0.2, 0) is 13.1 Å². The smallest absolute Gasteiger partial charge is 0.309 e. The van der Waals surface area contributed by atoms with Gasteiger partial charge < -0.3 is 5.01 Å². The third kappa shape index (κ3) is 3.41. The molecular weight excluding hydrogens is 467 g/mol. The van der Waals surface area contributed by atoms with E-state index in [-0.39, 0.29) is 18.0 Å². The summed E-state index contributed by atoms with van der Waals surface area (Å²) >= 11 is 7.41. The zero-order valence-electron chi connectivity index (χ0n) is 17.3. The van der Waals surface area contributed by atoms with E-state index in [0.29, 0.717) is 38.6 Å². The second-order valence-electron chi connectivity index (χ2n) is 7.49. The number of rotatable bonds is 4. The van der Waals surface area contributed by atoms with Crippen LogP contribution in [0.3, 0.4) is 0 Å². The molecule has 4 heterocycles. The fraction of sp³-hybridized carbons (Fsp3) is 0.182. The molecule has 1 aliphatic heterocycles. The van der Waals surface area contributed by atoms with E-state index in [9.17, 15) is 14.0 Å². The predicted octanol–water partition coefficient (Wildman–Crippen LogP) is 3.44. The average molecular weight is 483 g/mol. The highest BCUT2D eigenvalue weighted by molar-refractivity contribution is 7.22. The van der Waals surface area contributed by atoms with Gasteiger partial charge in [0.2, 0.25) is 0 Å². The standard InChI is InChI=1S/C22H16ClFN6O2S/c1-28-19-12(10-27-28)9-26-11-17(19)30-21(31)20-16(29(22(30)32)6-2-5-25)8-18(33-20)14-4-3-13(24)7-15(14)23/h3-4,7-9,11,27H,2,6,10H2,1H3. The summed E-state index contributed by atoms with van der Waals surface area (Å²) in [4.78, 5) is 32.0. The molecule has 0 bridgehead atoms. The van der Waals surface area contributed by atoms with Gasteiger partial charge in [0.25, 0.3) is 5.56 Å². The summed E-state index contributed by atoms with van der Waals surface area (Å²) < 4.78 is 16.4. The number of hydrogen-bond donors (Lipinski definition) is 1. The van der Waals surface area contributed by atoms with Crippen molar-refractivity contribution >= 4 is 38.8 Å². The maximum absolute atomic E-state index is 13.6. The molecule has 166 valence electrons. The van der Waals surface area contributed by atoms with Crippen LogP contribution in [0.1, 0.15) is 12.0 Å². The summed E-state index contributed by atoms with van der Waals surface area (Å²) in [7, 11) is 1.80. The van der Waals surface area contributed by atoms with Gasteiger partial charge in [0, 0.05) is 42.3 Å². The number of pyridine rings is 1. The monoisotopic (exact) mass is 482 g/mol. The Morgan fingerprint density at radius 3 is 2.88 bits per heavy atom. The summed E-state index contributed by atoms with van der Waals surface area (Å²) in [5, 5.41) is 11.1. The first-order valence-corrected chi connectivity index (χ1v) is 11.2. The molecule has 0 aliphatic carbocycles. The summed E-state index contributed by atoms with van der Waals surface area (Å²) in [5.74, 6) is -0.471.